The summed E-state index contributed by atoms with van der Waals surface area (Å²) < 4.78 is 13.6. The average molecular weight is 291 g/mol. The van der Waals surface area contributed by atoms with E-state index in [-0.39, 0.29) is 5.82 Å². The third-order valence-corrected chi connectivity index (χ3v) is 4.90. The van der Waals surface area contributed by atoms with Crippen molar-refractivity contribution in [3.63, 3.8) is 0 Å². The van der Waals surface area contributed by atoms with Gasteiger partial charge in [-0.05, 0) is 38.4 Å². The topological polar surface area (TPSA) is 18.5 Å². The highest BCUT2D eigenvalue weighted by molar-refractivity contribution is 5.44. The average Bonchev–Trinajstić information content (AvgIpc) is 2.49. The fraction of sp³-hybridized carbons (Fsp3) is 0.647. The van der Waals surface area contributed by atoms with Crippen LogP contribution in [0.15, 0.2) is 24.3 Å². The number of benzene rings is 1. The lowest BCUT2D eigenvalue weighted by molar-refractivity contribution is 0.0175. The molecule has 0 saturated carbocycles. The lowest BCUT2D eigenvalue weighted by Crippen LogP contribution is -2.59. The monoisotopic (exact) mass is 291 g/mol. The van der Waals surface area contributed by atoms with Crippen molar-refractivity contribution in [1.82, 2.24) is 9.80 Å². The summed E-state index contributed by atoms with van der Waals surface area (Å²) in [6.07, 6.45) is 4.07. The standard InChI is InChI=1S/C17H26FN3/c1-14-12-21-10-5-4-6-15(21)13-20(14)11-9-19-17-8-3-2-7-16(17)18/h2-3,7-8,14-15,19H,4-6,9-13H2,1H3. The molecule has 116 valence electrons. The number of nitrogens with zero attached hydrogens (tertiary/aromatic N) is 2. The van der Waals surface area contributed by atoms with E-state index >= 15 is 0 Å². The summed E-state index contributed by atoms with van der Waals surface area (Å²) in [5.41, 5.74) is 0.612. The first kappa shape index (κ1) is 14.8. The highest BCUT2D eigenvalue weighted by Gasteiger charge is 2.32. The van der Waals surface area contributed by atoms with Crippen LogP contribution in [0.5, 0.6) is 0 Å². The molecular formula is C17H26FN3. The van der Waals surface area contributed by atoms with E-state index in [0.717, 1.165) is 19.1 Å². The first-order valence-electron chi connectivity index (χ1n) is 8.20. The second-order valence-electron chi connectivity index (χ2n) is 6.40. The molecule has 2 aliphatic heterocycles. The molecule has 21 heavy (non-hydrogen) atoms. The highest BCUT2D eigenvalue weighted by Crippen LogP contribution is 2.23. The molecule has 0 amide bonds. The van der Waals surface area contributed by atoms with Crippen LogP contribution in [0.2, 0.25) is 0 Å². The fourth-order valence-electron chi connectivity index (χ4n) is 3.66. The largest absolute Gasteiger partial charge is 0.381 e. The van der Waals surface area contributed by atoms with Crippen LogP contribution in [0, 0.1) is 5.82 Å². The molecule has 2 fully saturated rings. The Hall–Kier alpha value is -1.13. The molecule has 4 heteroatoms. The number of fused-ring (bicyclic) bond motifs is 1. The molecule has 0 bridgehead atoms. The SMILES string of the molecule is CC1CN2CCCCC2CN1CCNc1ccccc1F. The van der Waals surface area contributed by atoms with Gasteiger partial charge >= 0.3 is 0 Å². The van der Waals surface area contributed by atoms with Gasteiger partial charge in [-0.15, -0.1) is 0 Å². The van der Waals surface area contributed by atoms with Crippen molar-refractivity contribution >= 4 is 5.69 Å². The Morgan fingerprint density at radius 1 is 1.24 bits per heavy atom. The maximum absolute atomic E-state index is 13.6. The fourth-order valence-corrected chi connectivity index (χ4v) is 3.66. The molecule has 0 spiro atoms. The first-order valence-corrected chi connectivity index (χ1v) is 8.20. The minimum Gasteiger partial charge on any atom is -0.381 e. The zero-order valence-electron chi connectivity index (χ0n) is 12.9. The van der Waals surface area contributed by atoms with Crippen molar-refractivity contribution in [3.05, 3.63) is 30.1 Å². The summed E-state index contributed by atoms with van der Waals surface area (Å²) in [7, 11) is 0. The summed E-state index contributed by atoms with van der Waals surface area (Å²) in [6, 6.07) is 8.24. The van der Waals surface area contributed by atoms with Crippen molar-refractivity contribution < 1.29 is 4.39 Å². The molecule has 1 aromatic carbocycles. The van der Waals surface area contributed by atoms with Crippen molar-refractivity contribution in [2.24, 2.45) is 0 Å². The van der Waals surface area contributed by atoms with E-state index in [2.05, 4.69) is 22.0 Å². The molecule has 0 aliphatic carbocycles. The molecule has 2 saturated heterocycles. The third kappa shape index (κ3) is 3.55. The number of hydrogen-bond acceptors (Lipinski definition) is 3. The highest BCUT2D eigenvalue weighted by atomic mass is 19.1. The lowest BCUT2D eigenvalue weighted by atomic mass is 9.97. The van der Waals surface area contributed by atoms with Crippen LogP contribution in [-0.4, -0.2) is 54.6 Å². The molecule has 1 N–H and O–H groups in total. The summed E-state index contributed by atoms with van der Waals surface area (Å²) in [4.78, 5) is 5.22. The minimum absolute atomic E-state index is 0.164. The number of nitrogens with one attached hydrogen (secondary N) is 1. The Kier molecular flexibility index (Phi) is 4.76. The summed E-state index contributed by atoms with van der Waals surface area (Å²) in [6.45, 7) is 7.73. The number of para-hydroxylation sites is 1. The van der Waals surface area contributed by atoms with E-state index in [9.17, 15) is 4.39 Å². The zero-order valence-corrected chi connectivity index (χ0v) is 12.9. The second kappa shape index (κ2) is 6.75. The van der Waals surface area contributed by atoms with Crippen molar-refractivity contribution in [1.29, 1.82) is 0 Å². The lowest BCUT2D eigenvalue weighted by Gasteiger charge is -2.47. The molecular weight excluding hydrogens is 265 g/mol. The molecule has 0 aromatic heterocycles. The Morgan fingerprint density at radius 2 is 2.10 bits per heavy atom. The van der Waals surface area contributed by atoms with Gasteiger partial charge in [0.25, 0.3) is 0 Å². The number of anilines is 1. The second-order valence-corrected chi connectivity index (χ2v) is 6.40. The molecule has 2 heterocycles. The Balaban J connectivity index is 1.50. The molecule has 2 aliphatic rings. The van der Waals surface area contributed by atoms with Crippen molar-refractivity contribution in [2.75, 3.05) is 38.0 Å². The van der Waals surface area contributed by atoms with E-state index in [1.165, 1.54) is 45.0 Å². The van der Waals surface area contributed by atoms with E-state index in [1.807, 2.05) is 6.07 Å². The molecule has 3 rings (SSSR count). The van der Waals surface area contributed by atoms with Gasteiger partial charge in [0.05, 0.1) is 5.69 Å². The Morgan fingerprint density at radius 3 is 2.95 bits per heavy atom. The zero-order chi connectivity index (χ0) is 14.7. The third-order valence-electron chi connectivity index (χ3n) is 4.90. The van der Waals surface area contributed by atoms with Crippen LogP contribution < -0.4 is 5.32 Å². The van der Waals surface area contributed by atoms with Crippen molar-refractivity contribution in [2.45, 2.75) is 38.3 Å². The summed E-state index contributed by atoms with van der Waals surface area (Å²) in [5.74, 6) is -0.164. The van der Waals surface area contributed by atoms with Gasteiger partial charge in [0.15, 0.2) is 0 Å². The predicted octanol–water partition coefficient (Wildman–Crippen LogP) is 2.80. The van der Waals surface area contributed by atoms with Gasteiger partial charge in [0.1, 0.15) is 5.82 Å². The molecule has 3 nitrogen and oxygen atoms in total. The first-order chi connectivity index (χ1) is 10.2. The van der Waals surface area contributed by atoms with Crippen molar-refractivity contribution in [3.8, 4) is 0 Å². The van der Waals surface area contributed by atoms with E-state index in [4.69, 9.17) is 0 Å². The Bertz CT molecular complexity index is 465. The number of piperazine rings is 1. The van der Waals surface area contributed by atoms with Crippen LogP contribution in [0.1, 0.15) is 26.2 Å². The number of piperidine rings is 1. The summed E-state index contributed by atoms with van der Waals surface area (Å²) >= 11 is 0. The van der Waals surface area contributed by atoms with Crippen LogP contribution in [-0.2, 0) is 0 Å². The van der Waals surface area contributed by atoms with E-state index in [1.54, 1.807) is 12.1 Å². The van der Waals surface area contributed by atoms with Crippen LogP contribution in [0.3, 0.4) is 0 Å². The Labute approximate surface area is 127 Å². The van der Waals surface area contributed by atoms with Crippen LogP contribution in [0.4, 0.5) is 10.1 Å². The number of hydrogen-bond donors (Lipinski definition) is 1. The van der Waals surface area contributed by atoms with E-state index < -0.39 is 0 Å². The molecule has 1 aromatic rings. The van der Waals surface area contributed by atoms with Gasteiger partial charge in [-0.25, -0.2) is 4.39 Å². The smallest absolute Gasteiger partial charge is 0.146 e. The van der Waals surface area contributed by atoms with Gasteiger partial charge < -0.3 is 5.32 Å². The summed E-state index contributed by atoms with van der Waals surface area (Å²) in [5, 5.41) is 3.22. The van der Waals surface area contributed by atoms with Crippen LogP contribution >= 0.6 is 0 Å². The van der Waals surface area contributed by atoms with E-state index in [0.29, 0.717) is 11.7 Å². The minimum atomic E-state index is -0.164. The van der Waals surface area contributed by atoms with Gasteiger partial charge in [-0.2, -0.15) is 0 Å². The van der Waals surface area contributed by atoms with Gasteiger partial charge in [0.2, 0.25) is 0 Å². The number of rotatable bonds is 4. The molecule has 2 unspecified atom stereocenters. The van der Waals surface area contributed by atoms with Gasteiger partial charge in [-0.3, -0.25) is 9.80 Å². The maximum atomic E-state index is 13.6. The molecule has 2 atom stereocenters. The number of halogens is 1. The van der Waals surface area contributed by atoms with Crippen LogP contribution in [0.25, 0.3) is 0 Å². The normalized spacial score (nSPS) is 27.3. The molecule has 0 radical (unpaired) electrons. The quantitative estimate of drug-likeness (QED) is 0.920. The van der Waals surface area contributed by atoms with Gasteiger partial charge in [0, 0.05) is 38.3 Å². The van der Waals surface area contributed by atoms with Gasteiger partial charge in [-0.1, -0.05) is 18.6 Å². The maximum Gasteiger partial charge on any atom is 0.146 e. The predicted molar refractivity (Wildman–Crippen MR) is 85.1 cm³/mol.